The molecule has 126 valence electrons. The minimum Gasteiger partial charge on any atom is -0.331 e. The third kappa shape index (κ3) is 2.73. The Morgan fingerprint density at radius 3 is 2.83 bits per heavy atom. The highest BCUT2D eigenvalue weighted by Gasteiger charge is 2.41. The molecule has 0 aliphatic carbocycles. The van der Waals surface area contributed by atoms with Gasteiger partial charge in [0, 0.05) is 44.1 Å². The van der Waals surface area contributed by atoms with Gasteiger partial charge in [0.05, 0.1) is 0 Å². The molecule has 0 bridgehead atoms. The van der Waals surface area contributed by atoms with E-state index in [2.05, 4.69) is 39.5 Å². The van der Waals surface area contributed by atoms with E-state index in [1.807, 2.05) is 23.9 Å². The lowest BCUT2D eigenvalue weighted by molar-refractivity contribution is 0.0661. The van der Waals surface area contributed by atoms with E-state index in [1.54, 1.807) is 6.20 Å². The van der Waals surface area contributed by atoms with Gasteiger partial charge in [0.2, 0.25) is 0 Å². The van der Waals surface area contributed by atoms with Crippen LogP contribution in [-0.2, 0) is 7.05 Å². The lowest BCUT2D eigenvalue weighted by atomic mass is 10.0. The Bertz CT molecular complexity index is 711. The van der Waals surface area contributed by atoms with Crippen molar-refractivity contribution in [2.75, 3.05) is 6.54 Å². The first-order valence-electron chi connectivity index (χ1n) is 8.83. The molecule has 2 aliphatic heterocycles. The van der Waals surface area contributed by atoms with E-state index in [4.69, 9.17) is 0 Å². The predicted octanol–water partition coefficient (Wildman–Crippen LogP) is 2.52. The lowest BCUT2D eigenvalue weighted by Crippen LogP contribution is -2.46. The Morgan fingerprint density at radius 1 is 1.25 bits per heavy atom. The second kappa shape index (κ2) is 6.40. The molecule has 0 radical (unpaired) electrons. The third-order valence-electron chi connectivity index (χ3n) is 5.40. The molecule has 2 fully saturated rings. The Kier molecular flexibility index (Phi) is 4.10. The van der Waals surface area contributed by atoms with E-state index in [1.165, 1.54) is 12.0 Å². The molecule has 3 heterocycles. The molecule has 0 spiro atoms. The summed E-state index contributed by atoms with van der Waals surface area (Å²) >= 11 is 0. The van der Waals surface area contributed by atoms with Gasteiger partial charge in [0.15, 0.2) is 5.82 Å². The number of rotatable bonds is 2. The summed E-state index contributed by atoms with van der Waals surface area (Å²) in [6.45, 7) is 0.829. The maximum absolute atomic E-state index is 13.0. The van der Waals surface area contributed by atoms with Gasteiger partial charge in [-0.1, -0.05) is 36.8 Å². The van der Waals surface area contributed by atoms with Gasteiger partial charge in [-0.25, -0.2) is 4.98 Å². The fourth-order valence-corrected chi connectivity index (χ4v) is 4.15. The first-order valence-corrected chi connectivity index (χ1v) is 8.83. The molecule has 0 saturated carbocycles. The summed E-state index contributed by atoms with van der Waals surface area (Å²) in [5.74, 6) is 0.605. The van der Waals surface area contributed by atoms with E-state index >= 15 is 0 Å². The van der Waals surface area contributed by atoms with Crippen LogP contribution in [-0.4, -0.2) is 39.0 Å². The molecule has 2 aliphatic rings. The van der Waals surface area contributed by atoms with E-state index in [0.29, 0.717) is 17.9 Å². The van der Waals surface area contributed by atoms with Crippen LogP contribution in [0.4, 0.5) is 0 Å². The number of benzene rings is 1. The highest BCUT2D eigenvalue weighted by Crippen LogP contribution is 2.34. The van der Waals surface area contributed by atoms with Crippen LogP contribution in [0.5, 0.6) is 0 Å². The third-order valence-corrected chi connectivity index (χ3v) is 5.40. The van der Waals surface area contributed by atoms with Gasteiger partial charge in [-0.05, 0) is 24.8 Å². The van der Waals surface area contributed by atoms with Crippen molar-refractivity contribution in [3.8, 4) is 0 Å². The van der Waals surface area contributed by atoms with Gasteiger partial charge in [-0.15, -0.1) is 0 Å². The zero-order valence-corrected chi connectivity index (χ0v) is 14.1. The molecule has 0 unspecified atom stereocenters. The summed E-state index contributed by atoms with van der Waals surface area (Å²) in [7, 11) is 1.88. The van der Waals surface area contributed by atoms with Crippen LogP contribution < -0.4 is 5.32 Å². The minimum absolute atomic E-state index is 0.0647. The molecule has 1 N–H and O–H groups in total. The quantitative estimate of drug-likeness (QED) is 0.923. The number of aryl methyl sites for hydroxylation is 1. The summed E-state index contributed by atoms with van der Waals surface area (Å²) in [6, 6.07) is 11.5. The molecule has 4 rings (SSSR count). The zero-order chi connectivity index (χ0) is 16.5. The number of imidazole rings is 1. The fraction of sp³-hybridized carbons (Fsp3) is 0.474. The number of hydrogen-bond donors (Lipinski definition) is 1. The monoisotopic (exact) mass is 324 g/mol. The lowest BCUT2D eigenvalue weighted by Gasteiger charge is -2.30. The van der Waals surface area contributed by atoms with Gasteiger partial charge in [-0.3, -0.25) is 4.79 Å². The van der Waals surface area contributed by atoms with Crippen LogP contribution >= 0.6 is 0 Å². The van der Waals surface area contributed by atoms with E-state index in [0.717, 1.165) is 25.8 Å². The molecule has 3 atom stereocenters. The summed E-state index contributed by atoms with van der Waals surface area (Å²) in [5.41, 5.74) is 1.31. The average Bonchev–Trinajstić information content (AvgIpc) is 3.17. The molecule has 2 aromatic rings. The molecule has 1 amide bonds. The van der Waals surface area contributed by atoms with Crippen molar-refractivity contribution in [1.29, 1.82) is 0 Å². The number of carbonyl (C=O) groups excluding carboxylic acids is 1. The van der Waals surface area contributed by atoms with Crippen LogP contribution in [0.2, 0.25) is 0 Å². The van der Waals surface area contributed by atoms with Gasteiger partial charge in [0.25, 0.3) is 5.91 Å². The Morgan fingerprint density at radius 2 is 2.08 bits per heavy atom. The van der Waals surface area contributed by atoms with Crippen LogP contribution in [0.1, 0.15) is 47.9 Å². The molecule has 5 heteroatoms. The van der Waals surface area contributed by atoms with Crippen molar-refractivity contribution in [2.24, 2.45) is 7.05 Å². The maximum atomic E-state index is 13.0. The molecule has 24 heavy (non-hydrogen) atoms. The van der Waals surface area contributed by atoms with Crippen LogP contribution in [0.15, 0.2) is 42.7 Å². The largest absolute Gasteiger partial charge is 0.331 e. The van der Waals surface area contributed by atoms with E-state index in [-0.39, 0.29) is 11.9 Å². The molecule has 2 saturated heterocycles. The Labute approximate surface area is 142 Å². The SMILES string of the molecule is Cn1ccnc1C(=O)N1CCCC[C@@H]2N[C@H](c3ccccc3)C[C@H]21. The van der Waals surface area contributed by atoms with Crippen molar-refractivity contribution in [1.82, 2.24) is 19.8 Å². The normalized spacial score (nSPS) is 26.9. The number of hydrogen-bond acceptors (Lipinski definition) is 3. The summed E-state index contributed by atoms with van der Waals surface area (Å²) in [4.78, 5) is 19.4. The van der Waals surface area contributed by atoms with Crippen LogP contribution in [0.3, 0.4) is 0 Å². The summed E-state index contributed by atoms with van der Waals surface area (Å²) < 4.78 is 1.82. The number of amides is 1. The molecular formula is C19H24N4O. The topological polar surface area (TPSA) is 50.2 Å². The van der Waals surface area contributed by atoms with Crippen molar-refractivity contribution >= 4 is 5.91 Å². The van der Waals surface area contributed by atoms with Gasteiger partial charge < -0.3 is 14.8 Å². The standard InChI is InChI=1S/C19H24N4O/c1-22-12-10-20-18(22)19(24)23-11-6-5-9-15-17(23)13-16(21-15)14-7-3-2-4-8-14/h2-4,7-8,10,12,15-17,21H,5-6,9,11,13H2,1H3/t15-,16-,17+/m0/s1. The van der Waals surface area contributed by atoms with Crippen molar-refractivity contribution < 1.29 is 4.79 Å². The second-order valence-corrected chi connectivity index (χ2v) is 6.90. The smallest absolute Gasteiger partial charge is 0.290 e. The highest BCUT2D eigenvalue weighted by molar-refractivity contribution is 5.91. The van der Waals surface area contributed by atoms with Crippen LogP contribution in [0.25, 0.3) is 0 Å². The molecule has 1 aromatic carbocycles. The number of aromatic nitrogens is 2. The number of likely N-dealkylation sites (tertiary alicyclic amines) is 1. The average molecular weight is 324 g/mol. The zero-order valence-electron chi connectivity index (χ0n) is 14.1. The van der Waals surface area contributed by atoms with Gasteiger partial charge >= 0.3 is 0 Å². The second-order valence-electron chi connectivity index (χ2n) is 6.90. The van der Waals surface area contributed by atoms with E-state index in [9.17, 15) is 4.79 Å². The Balaban J connectivity index is 1.59. The van der Waals surface area contributed by atoms with Crippen molar-refractivity contribution in [2.45, 2.75) is 43.8 Å². The Hall–Kier alpha value is -2.14. The van der Waals surface area contributed by atoms with Crippen LogP contribution in [0, 0.1) is 0 Å². The number of fused-ring (bicyclic) bond motifs is 1. The maximum Gasteiger partial charge on any atom is 0.290 e. The van der Waals surface area contributed by atoms with Crippen molar-refractivity contribution in [3.05, 3.63) is 54.1 Å². The number of carbonyl (C=O) groups is 1. The highest BCUT2D eigenvalue weighted by atomic mass is 16.2. The number of nitrogens with zero attached hydrogens (tertiary/aromatic N) is 3. The van der Waals surface area contributed by atoms with Gasteiger partial charge in [0.1, 0.15) is 0 Å². The first kappa shape index (κ1) is 15.4. The fourth-order valence-electron chi connectivity index (χ4n) is 4.15. The molecule has 1 aromatic heterocycles. The van der Waals surface area contributed by atoms with Crippen molar-refractivity contribution in [3.63, 3.8) is 0 Å². The summed E-state index contributed by atoms with van der Waals surface area (Å²) in [5, 5.41) is 3.77. The first-order chi connectivity index (χ1) is 11.7. The summed E-state index contributed by atoms with van der Waals surface area (Å²) in [6.07, 6.45) is 7.88. The minimum atomic E-state index is 0.0647. The predicted molar refractivity (Wildman–Crippen MR) is 92.6 cm³/mol. The number of nitrogens with one attached hydrogen (secondary N) is 1. The molecular weight excluding hydrogens is 300 g/mol. The van der Waals surface area contributed by atoms with Gasteiger partial charge in [-0.2, -0.15) is 0 Å². The van der Waals surface area contributed by atoms with E-state index < -0.39 is 0 Å². The molecule has 5 nitrogen and oxygen atoms in total.